The standard InChI is InChI=1S/C27H26N4O/c1-2-3-17-32-24-13-11-22(12-14-24)25-26(31-16-6-15-28-27(31)30-25)29-19-20-9-10-21-7-4-5-8-23(21)18-20/h4-16,18,29H,2-3,17,19H2,1H3. The number of hydrogen-bond acceptors (Lipinski definition) is 4. The van der Waals surface area contributed by atoms with Gasteiger partial charge in [0.2, 0.25) is 5.78 Å². The number of hydrogen-bond donors (Lipinski definition) is 1. The summed E-state index contributed by atoms with van der Waals surface area (Å²) in [4.78, 5) is 9.24. The van der Waals surface area contributed by atoms with Gasteiger partial charge in [0.25, 0.3) is 0 Å². The maximum absolute atomic E-state index is 5.81. The van der Waals surface area contributed by atoms with Gasteiger partial charge in [-0.2, -0.15) is 0 Å². The van der Waals surface area contributed by atoms with Crippen molar-refractivity contribution in [3.05, 3.63) is 90.8 Å². The molecule has 0 unspecified atom stereocenters. The van der Waals surface area contributed by atoms with Crippen molar-refractivity contribution in [3.63, 3.8) is 0 Å². The maximum atomic E-state index is 5.81. The highest BCUT2D eigenvalue weighted by molar-refractivity contribution is 5.83. The summed E-state index contributed by atoms with van der Waals surface area (Å²) in [6, 6.07) is 25.0. The van der Waals surface area contributed by atoms with Gasteiger partial charge in [-0.15, -0.1) is 0 Å². The van der Waals surface area contributed by atoms with E-state index in [9.17, 15) is 0 Å². The summed E-state index contributed by atoms with van der Waals surface area (Å²) in [7, 11) is 0. The molecule has 0 saturated carbocycles. The van der Waals surface area contributed by atoms with Gasteiger partial charge in [0, 0.05) is 24.5 Å². The Morgan fingerprint density at radius 1 is 0.938 bits per heavy atom. The van der Waals surface area contributed by atoms with Crippen LogP contribution in [0.15, 0.2) is 85.2 Å². The number of benzene rings is 3. The van der Waals surface area contributed by atoms with Gasteiger partial charge in [-0.05, 0) is 59.2 Å². The van der Waals surface area contributed by atoms with Crippen LogP contribution in [0.4, 0.5) is 5.82 Å². The van der Waals surface area contributed by atoms with Crippen molar-refractivity contribution in [2.75, 3.05) is 11.9 Å². The predicted octanol–water partition coefficient (Wildman–Crippen LogP) is 6.34. The van der Waals surface area contributed by atoms with E-state index in [2.05, 4.69) is 71.8 Å². The van der Waals surface area contributed by atoms with Crippen LogP contribution in [0.3, 0.4) is 0 Å². The number of rotatable bonds is 8. The molecule has 0 aliphatic heterocycles. The van der Waals surface area contributed by atoms with E-state index in [1.807, 2.05) is 28.8 Å². The molecule has 0 saturated heterocycles. The summed E-state index contributed by atoms with van der Waals surface area (Å²) in [5.41, 5.74) is 3.12. The van der Waals surface area contributed by atoms with Crippen molar-refractivity contribution in [3.8, 4) is 17.0 Å². The molecule has 1 N–H and O–H groups in total. The largest absolute Gasteiger partial charge is 0.494 e. The van der Waals surface area contributed by atoms with Crippen LogP contribution < -0.4 is 10.1 Å². The molecule has 0 atom stereocenters. The van der Waals surface area contributed by atoms with Crippen molar-refractivity contribution >= 4 is 22.4 Å². The second-order valence-electron chi connectivity index (χ2n) is 7.86. The Bertz CT molecular complexity index is 1340. The average molecular weight is 423 g/mol. The summed E-state index contributed by atoms with van der Waals surface area (Å²) in [6.07, 6.45) is 5.94. The minimum absolute atomic E-state index is 0.673. The molecular formula is C27H26N4O. The highest BCUT2D eigenvalue weighted by atomic mass is 16.5. The van der Waals surface area contributed by atoms with Crippen LogP contribution in [0, 0.1) is 0 Å². The molecule has 160 valence electrons. The van der Waals surface area contributed by atoms with Crippen molar-refractivity contribution in [2.24, 2.45) is 0 Å². The lowest BCUT2D eigenvalue weighted by atomic mass is 10.1. The summed E-state index contributed by atoms with van der Waals surface area (Å²) in [6.45, 7) is 3.60. The van der Waals surface area contributed by atoms with Crippen molar-refractivity contribution < 1.29 is 4.74 Å². The second-order valence-corrected chi connectivity index (χ2v) is 7.86. The third kappa shape index (κ3) is 4.14. The number of aromatic nitrogens is 3. The molecule has 0 radical (unpaired) electrons. The number of fused-ring (bicyclic) bond motifs is 2. The molecule has 0 amide bonds. The highest BCUT2D eigenvalue weighted by Crippen LogP contribution is 2.30. The molecule has 0 aliphatic carbocycles. The summed E-state index contributed by atoms with van der Waals surface area (Å²) in [5, 5.41) is 6.09. The molecule has 5 aromatic rings. The molecular weight excluding hydrogens is 396 g/mol. The Morgan fingerprint density at radius 3 is 2.62 bits per heavy atom. The molecule has 2 heterocycles. The van der Waals surface area contributed by atoms with Gasteiger partial charge in [0.1, 0.15) is 17.3 Å². The second kappa shape index (κ2) is 9.10. The highest BCUT2D eigenvalue weighted by Gasteiger charge is 2.15. The first-order valence-corrected chi connectivity index (χ1v) is 11.1. The van der Waals surface area contributed by atoms with Crippen LogP contribution in [0.1, 0.15) is 25.3 Å². The van der Waals surface area contributed by atoms with Crippen LogP contribution in [0.25, 0.3) is 27.8 Å². The first-order chi connectivity index (χ1) is 15.8. The summed E-state index contributed by atoms with van der Waals surface area (Å²) < 4.78 is 7.82. The SMILES string of the molecule is CCCCOc1ccc(-c2nc3ncccn3c2NCc2ccc3ccccc3c2)cc1. The molecule has 0 fully saturated rings. The normalized spacial score (nSPS) is 11.2. The van der Waals surface area contributed by atoms with E-state index in [4.69, 9.17) is 9.72 Å². The average Bonchev–Trinajstić information content (AvgIpc) is 3.22. The number of anilines is 1. The number of ether oxygens (including phenoxy) is 1. The Labute approximate surface area is 187 Å². The third-order valence-corrected chi connectivity index (χ3v) is 5.57. The number of unbranched alkanes of at least 4 members (excludes halogenated alkanes) is 1. The van der Waals surface area contributed by atoms with Gasteiger partial charge in [0.05, 0.1) is 6.61 Å². The minimum atomic E-state index is 0.673. The van der Waals surface area contributed by atoms with Crippen molar-refractivity contribution in [1.82, 2.24) is 14.4 Å². The summed E-state index contributed by atoms with van der Waals surface area (Å²) >= 11 is 0. The molecule has 32 heavy (non-hydrogen) atoms. The molecule has 0 spiro atoms. The monoisotopic (exact) mass is 422 g/mol. The van der Waals surface area contributed by atoms with E-state index < -0.39 is 0 Å². The fourth-order valence-corrected chi connectivity index (χ4v) is 3.84. The fourth-order valence-electron chi connectivity index (χ4n) is 3.84. The lowest BCUT2D eigenvalue weighted by Gasteiger charge is -2.10. The lowest BCUT2D eigenvalue weighted by molar-refractivity contribution is 0.309. The van der Waals surface area contributed by atoms with Crippen LogP contribution in [0.5, 0.6) is 5.75 Å². The first-order valence-electron chi connectivity index (χ1n) is 11.1. The van der Waals surface area contributed by atoms with Crippen molar-refractivity contribution in [1.29, 1.82) is 0 Å². The van der Waals surface area contributed by atoms with E-state index in [1.54, 1.807) is 6.20 Å². The van der Waals surface area contributed by atoms with Crippen LogP contribution >= 0.6 is 0 Å². The van der Waals surface area contributed by atoms with Crippen LogP contribution in [-0.2, 0) is 6.54 Å². The van der Waals surface area contributed by atoms with Gasteiger partial charge in [-0.3, -0.25) is 4.40 Å². The zero-order valence-electron chi connectivity index (χ0n) is 18.2. The molecule has 0 aliphatic rings. The Balaban J connectivity index is 1.43. The van der Waals surface area contributed by atoms with Crippen molar-refractivity contribution in [2.45, 2.75) is 26.3 Å². The predicted molar refractivity (Wildman–Crippen MR) is 130 cm³/mol. The Hall–Kier alpha value is -3.86. The van der Waals surface area contributed by atoms with Gasteiger partial charge in [-0.25, -0.2) is 9.97 Å². The zero-order valence-corrected chi connectivity index (χ0v) is 18.2. The Kier molecular flexibility index (Phi) is 5.71. The molecule has 0 bridgehead atoms. The number of imidazole rings is 1. The topological polar surface area (TPSA) is 51.5 Å². The van der Waals surface area contributed by atoms with E-state index in [1.165, 1.54) is 16.3 Å². The third-order valence-electron chi connectivity index (χ3n) is 5.57. The maximum Gasteiger partial charge on any atom is 0.235 e. The van der Waals surface area contributed by atoms with E-state index in [-0.39, 0.29) is 0 Å². The molecule has 5 nitrogen and oxygen atoms in total. The van der Waals surface area contributed by atoms with Crippen LogP contribution in [-0.4, -0.2) is 21.0 Å². The first kappa shape index (κ1) is 20.1. The number of nitrogens with one attached hydrogen (secondary N) is 1. The van der Waals surface area contributed by atoms with Gasteiger partial charge in [-0.1, -0.05) is 49.7 Å². The number of nitrogens with zero attached hydrogens (tertiary/aromatic N) is 3. The molecule has 3 aromatic carbocycles. The summed E-state index contributed by atoms with van der Waals surface area (Å²) in [5.74, 6) is 2.49. The van der Waals surface area contributed by atoms with E-state index in [0.717, 1.165) is 42.3 Å². The zero-order chi connectivity index (χ0) is 21.8. The van der Waals surface area contributed by atoms with Gasteiger partial charge in [0.15, 0.2) is 0 Å². The molecule has 5 heteroatoms. The quantitative estimate of drug-likeness (QED) is 0.296. The lowest BCUT2D eigenvalue weighted by Crippen LogP contribution is -2.03. The van der Waals surface area contributed by atoms with E-state index in [0.29, 0.717) is 12.3 Å². The van der Waals surface area contributed by atoms with Gasteiger partial charge < -0.3 is 10.1 Å². The van der Waals surface area contributed by atoms with Gasteiger partial charge >= 0.3 is 0 Å². The fraction of sp³-hybridized carbons (Fsp3) is 0.185. The van der Waals surface area contributed by atoms with Crippen LogP contribution in [0.2, 0.25) is 0 Å². The molecule has 5 rings (SSSR count). The Morgan fingerprint density at radius 2 is 1.78 bits per heavy atom. The molecule has 2 aromatic heterocycles. The van der Waals surface area contributed by atoms with E-state index >= 15 is 0 Å². The minimum Gasteiger partial charge on any atom is -0.494 e. The smallest absolute Gasteiger partial charge is 0.235 e.